The molecule has 0 bridgehead atoms. The van der Waals surface area contributed by atoms with Crippen LogP contribution in [0.1, 0.15) is 12.1 Å². The van der Waals surface area contributed by atoms with Crippen LogP contribution in [-0.4, -0.2) is 9.97 Å². The Morgan fingerprint density at radius 3 is 2.43 bits per heavy atom. The molecule has 3 nitrogen and oxygen atoms in total. The molecule has 0 aliphatic heterocycles. The van der Waals surface area contributed by atoms with Crippen LogP contribution in [0, 0.1) is 11.3 Å². The summed E-state index contributed by atoms with van der Waals surface area (Å²) in [6.45, 7) is 0. The van der Waals surface area contributed by atoms with Gasteiger partial charge >= 0.3 is 0 Å². The fourth-order valence-electron chi connectivity index (χ4n) is 2.37. The second kappa shape index (κ2) is 6.06. The Hall–Kier alpha value is -2.86. The summed E-state index contributed by atoms with van der Waals surface area (Å²) in [7, 11) is 0. The fourth-order valence-corrected chi connectivity index (χ4v) is 2.37. The summed E-state index contributed by atoms with van der Waals surface area (Å²) in [5, 5.41) is 8.66. The SMILES string of the molecule is N#CCCc1cnc(-c2ccccc2-c2ccccc2)[nH]1. The average molecular weight is 273 g/mol. The van der Waals surface area contributed by atoms with Gasteiger partial charge in [0.1, 0.15) is 5.82 Å². The highest BCUT2D eigenvalue weighted by Gasteiger charge is 2.09. The monoisotopic (exact) mass is 273 g/mol. The number of benzene rings is 2. The number of aromatic nitrogens is 2. The molecule has 3 heteroatoms. The molecule has 0 unspecified atom stereocenters. The van der Waals surface area contributed by atoms with E-state index < -0.39 is 0 Å². The maximum atomic E-state index is 8.66. The number of nitriles is 1. The Bertz CT molecular complexity index is 766. The average Bonchev–Trinajstić information content (AvgIpc) is 3.02. The molecule has 1 aromatic heterocycles. The third-order valence-corrected chi connectivity index (χ3v) is 3.40. The Kier molecular flexibility index (Phi) is 3.79. The molecule has 2 aromatic carbocycles. The normalized spacial score (nSPS) is 10.2. The predicted octanol–water partition coefficient (Wildman–Crippen LogP) is 4.20. The predicted molar refractivity (Wildman–Crippen MR) is 83.4 cm³/mol. The lowest BCUT2D eigenvalue weighted by molar-refractivity contribution is 0.968. The first-order valence-corrected chi connectivity index (χ1v) is 6.94. The van der Waals surface area contributed by atoms with Gasteiger partial charge in [-0.1, -0.05) is 54.6 Å². The van der Waals surface area contributed by atoms with Crippen LogP contribution in [0.15, 0.2) is 60.8 Å². The molecule has 1 heterocycles. The summed E-state index contributed by atoms with van der Waals surface area (Å²) in [4.78, 5) is 7.77. The first-order chi connectivity index (χ1) is 10.4. The Balaban J connectivity index is 2.00. The number of H-pyrrole nitrogens is 1. The molecule has 3 rings (SSSR count). The Labute approximate surface area is 123 Å². The summed E-state index contributed by atoms with van der Waals surface area (Å²) in [5.41, 5.74) is 4.39. The largest absolute Gasteiger partial charge is 0.342 e. The van der Waals surface area contributed by atoms with E-state index in [0.29, 0.717) is 12.8 Å². The highest BCUT2D eigenvalue weighted by atomic mass is 14.9. The van der Waals surface area contributed by atoms with Gasteiger partial charge in [0, 0.05) is 30.3 Å². The number of rotatable bonds is 4. The van der Waals surface area contributed by atoms with Crippen LogP contribution in [0.3, 0.4) is 0 Å². The Morgan fingerprint density at radius 2 is 1.67 bits per heavy atom. The van der Waals surface area contributed by atoms with E-state index in [1.807, 2.05) is 36.5 Å². The molecule has 0 spiro atoms. The molecule has 0 aliphatic carbocycles. The van der Waals surface area contributed by atoms with E-state index in [2.05, 4.69) is 40.3 Å². The van der Waals surface area contributed by atoms with Crippen molar-refractivity contribution in [2.75, 3.05) is 0 Å². The smallest absolute Gasteiger partial charge is 0.138 e. The van der Waals surface area contributed by atoms with E-state index in [1.54, 1.807) is 0 Å². The number of hydrogen-bond acceptors (Lipinski definition) is 2. The third-order valence-electron chi connectivity index (χ3n) is 3.40. The van der Waals surface area contributed by atoms with E-state index in [0.717, 1.165) is 22.6 Å². The van der Waals surface area contributed by atoms with Crippen LogP contribution in [0.4, 0.5) is 0 Å². The van der Waals surface area contributed by atoms with Crippen molar-refractivity contribution in [3.05, 3.63) is 66.5 Å². The fraction of sp³-hybridized carbons (Fsp3) is 0.111. The summed E-state index contributed by atoms with van der Waals surface area (Å²) < 4.78 is 0. The molecular formula is C18H15N3. The molecule has 0 saturated heterocycles. The lowest BCUT2D eigenvalue weighted by Crippen LogP contribution is -1.88. The topological polar surface area (TPSA) is 52.5 Å². The zero-order valence-corrected chi connectivity index (χ0v) is 11.6. The van der Waals surface area contributed by atoms with Gasteiger partial charge in [0.15, 0.2) is 0 Å². The maximum Gasteiger partial charge on any atom is 0.138 e. The van der Waals surface area contributed by atoms with Crippen molar-refractivity contribution in [3.63, 3.8) is 0 Å². The number of nitrogens with zero attached hydrogens (tertiary/aromatic N) is 2. The van der Waals surface area contributed by atoms with Crippen molar-refractivity contribution in [3.8, 4) is 28.6 Å². The van der Waals surface area contributed by atoms with E-state index in [-0.39, 0.29) is 0 Å². The number of imidazole rings is 1. The zero-order chi connectivity index (χ0) is 14.5. The van der Waals surface area contributed by atoms with Crippen molar-refractivity contribution >= 4 is 0 Å². The van der Waals surface area contributed by atoms with Crippen molar-refractivity contribution in [2.45, 2.75) is 12.8 Å². The molecule has 0 radical (unpaired) electrons. The molecule has 21 heavy (non-hydrogen) atoms. The minimum Gasteiger partial charge on any atom is -0.342 e. The second-order valence-electron chi connectivity index (χ2n) is 4.83. The molecule has 0 saturated carbocycles. The standard InChI is InChI=1S/C18H15N3/c19-12-6-9-15-13-20-18(21-15)17-11-5-4-10-16(17)14-7-2-1-3-8-14/h1-5,7-8,10-11,13H,6,9H2,(H,20,21). The maximum absolute atomic E-state index is 8.66. The summed E-state index contributed by atoms with van der Waals surface area (Å²) in [6.07, 6.45) is 3.02. The minimum atomic E-state index is 0.502. The molecule has 0 amide bonds. The summed E-state index contributed by atoms with van der Waals surface area (Å²) >= 11 is 0. The van der Waals surface area contributed by atoms with Crippen LogP contribution in [0.5, 0.6) is 0 Å². The van der Waals surface area contributed by atoms with E-state index in [1.165, 1.54) is 5.56 Å². The third kappa shape index (κ3) is 2.85. The first-order valence-electron chi connectivity index (χ1n) is 6.94. The summed E-state index contributed by atoms with van der Waals surface area (Å²) in [6, 6.07) is 20.6. The van der Waals surface area contributed by atoms with Gasteiger partial charge in [-0.25, -0.2) is 4.98 Å². The van der Waals surface area contributed by atoms with Gasteiger partial charge in [0.05, 0.1) is 6.07 Å². The summed E-state index contributed by atoms with van der Waals surface area (Å²) in [5.74, 6) is 0.849. The van der Waals surface area contributed by atoms with E-state index in [4.69, 9.17) is 5.26 Å². The van der Waals surface area contributed by atoms with Crippen molar-refractivity contribution < 1.29 is 0 Å². The van der Waals surface area contributed by atoms with Crippen molar-refractivity contribution in [2.24, 2.45) is 0 Å². The number of aromatic amines is 1. The van der Waals surface area contributed by atoms with E-state index in [9.17, 15) is 0 Å². The van der Waals surface area contributed by atoms with Crippen molar-refractivity contribution in [1.82, 2.24) is 9.97 Å². The van der Waals surface area contributed by atoms with Crippen LogP contribution < -0.4 is 0 Å². The van der Waals surface area contributed by atoms with Crippen LogP contribution in [0.2, 0.25) is 0 Å². The van der Waals surface area contributed by atoms with Gasteiger partial charge in [0.25, 0.3) is 0 Å². The lowest BCUT2D eigenvalue weighted by Gasteiger charge is -2.07. The van der Waals surface area contributed by atoms with Crippen LogP contribution in [-0.2, 0) is 6.42 Å². The van der Waals surface area contributed by atoms with E-state index >= 15 is 0 Å². The van der Waals surface area contributed by atoms with Gasteiger partial charge in [-0.3, -0.25) is 0 Å². The van der Waals surface area contributed by atoms with Crippen molar-refractivity contribution in [1.29, 1.82) is 5.26 Å². The highest BCUT2D eigenvalue weighted by Crippen LogP contribution is 2.30. The number of aryl methyl sites for hydroxylation is 1. The van der Waals surface area contributed by atoms with Gasteiger partial charge in [-0.2, -0.15) is 5.26 Å². The van der Waals surface area contributed by atoms with Crippen LogP contribution in [0.25, 0.3) is 22.5 Å². The quantitative estimate of drug-likeness (QED) is 0.774. The minimum absolute atomic E-state index is 0.502. The highest BCUT2D eigenvalue weighted by molar-refractivity contribution is 5.80. The molecule has 1 N–H and O–H groups in total. The molecular weight excluding hydrogens is 258 g/mol. The number of nitrogens with one attached hydrogen (secondary N) is 1. The molecule has 0 atom stereocenters. The first kappa shape index (κ1) is 13.1. The second-order valence-corrected chi connectivity index (χ2v) is 4.83. The molecule has 0 aliphatic rings. The molecule has 102 valence electrons. The molecule has 0 fully saturated rings. The van der Waals surface area contributed by atoms with Gasteiger partial charge < -0.3 is 4.98 Å². The number of hydrogen-bond donors (Lipinski definition) is 1. The Morgan fingerprint density at radius 1 is 0.952 bits per heavy atom. The van der Waals surface area contributed by atoms with Gasteiger partial charge in [-0.15, -0.1) is 0 Å². The van der Waals surface area contributed by atoms with Gasteiger partial charge in [-0.05, 0) is 11.1 Å². The zero-order valence-electron chi connectivity index (χ0n) is 11.6. The van der Waals surface area contributed by atoms with Crippen LogP contribution >= 0.6 is 0 Å². The van der Waals surface area contributed by atoms with Gasteiger partial charge in [0.2, 0.25) is 0 Å². The molecule has 3 aromatic rings. The lowest BCUT2D eigenvalue weighted by atomic mass is 9.99.